The van der Waals surface area contributed by atoms with E-state index in [1.165, 1.54) is 0 Å². The Balaban J connectivity index is 2.50. The Hall–Kier alpha value is -0.570. The van der Waals surface area contributed by atoms with Crippen LogP contribution in [-0.2, 0) is 4.79 Å². The van der Waals surface area contributed by atoms with Crippen LogP contribution in [0.25, 0.3) is 0 Å². The first-order valence-corrected chi connectivity index (χ1v) is 7.06. The second kappa shape index (κ2) is 7.00. The maximum absolute atomic E-state index is 12.3. The summed E-state index contributed by atoms with van der Waals surface area (Å²) in [7, 11) is 0. The zero-order valence-corrected chi connectivity index (χ0v) is 11.5. The lowest BCUT2D eigenvalue weighted by molar-refractivity contribution is -0.139. The van der Waals surface area contributed by atoms with Gasteiger partial charge < -0.3 is 10.0 Å². The van der Waals surface area contributed by atoms with Gasteiger partial charge in [0, 0.05) is 19.0 Å². The summed E-state index contributed by atoms with van der Waals surface area (Å²) in [6.07, 6.45) is 4.74. The first kappa shape index (κ1) is 14.5. The third-order valence-corrected chi connectivity index (χ3v) is 3.92. The average Bonchev–Trinajstić information content (AvgIpc) is 2.33. The molecule has 0 aromatic carbocycles. The maximum atomic E-state index is 12.3. The number of hydrogen-bond donors (Lipinski definition) is 1. The fourth-order valence-corrected chi connectivity index (χ4v) is 2.54. The Bertz CT molecular complexity index is 242. The van der Waals surface area contributed by atoms with Crippen molar-refractivity contribution >= 4 is 5.91 Å². The van der Waals surface area contributed by atoms with Crippen LogP contribution in [0.1, 0.15) is 52.9 Å². The first-order valence-electron chi connectivity index (χ1n) is 7.06. The molecule has 1 aliphatic rings. The number of carbonyl (C=O) groups excluding carboxylic acids is 1. The Morgan fingerprint density at radius 2 is 2.18 bits per heavy atom. The molecule has 3 unspecified atom stereocenters. The summed E-state index contributed by atoms with van der Waals surface area (Å²) in [5, 5.41) is 9.68. The second-order valence-corrected chi connectivity index (χ2v) is 5.36. The van der Waals surface area contributed by atoms with Crippen LogP contribution in [0.5, 0.6) is 0 Å². The predicted molar refractivity (Wildman–Crippen MR) is 69.7 cm³/mol. The Morgan fingerprint density at radius 1 is 1.47 bits per heavy atom. The molecule has 17 heavy (non-hydrogen) atoms. The van der Waals surface area contributed by atoms with Crippen LogP contribution in [-0.4, -0.2) is 35.1 Å². The second-order valence-electron chi connectivity index (χ2n) is 5.36. The van der Waals surface area contributed by atoms with Crippen molar-refractivity contribution in [3.8, 4) is 0 Å². The molecule has 0 aromatic heterocycles. The summed E-state index contributed by atoms with van der Waals surface area (Å²) < 4.78 is 0. The summed E-state index contributed by atoms with van der Waals surface area (Å²) >= 11 is 0. The standard InChI is InChI=1S/C14H27NO2/c1-4-6-7-12(5-2)14(17)15-9-8-13(16)11(3)10-15/h11-13,16H,4-10H2,1-3H3. The zero-order chi connectivity index (χ0) is 12.8. The van der Waals surface area contributed by atoms with Crippen LogP contribution in [0.2, 0.25) is 0 Å². The molecule has 1 saturated heterocycles. The van der Waals surface area contributed by atoms with E-state index in [9.17, 15) is 9.90 Å². The lowest BCUT2D eigenvalue weighted by Gasteiger charge is -2.36. The number of aliphatic hydroxyl groups is 1. The largest absolute Gasteiger partial charge is 0.393 e. The van der Waals surface area contributed by atoms with Crippen molar-refractivity contribution < 1.29 is 9.90 Å². The smallest absolute Gasteiger partial charge is 0.225 e. The van der Waals surface area contributed by atoms with Crippen molar-refractivity contribution in [1.29, 1.82) is 0 Å². The van der Waals surface area contributed by atoms with Gasteiger partial charge >= 0.3 is 0 Å². The first-order chi connectivity index (χ1) is 8.10. The zero-order valence-electron chi connectivity index (χ0n) is 11.5. The molecular weight excluding hydrogens is 214 g/mol. The lowest BCUT2D eigenvalue weighted by Crippen LogP contribution is -2.47. The highest BCUT2D eigenvalue weighted by molar-refractivity contribution is 5.78. The number of piperidine rings is 1. The molecule has 1 heterocycles. The highest BCUT2D eigenvalue weighted by atomic mass is 16.3. The highest BCUT2D eigenvalue weighted by Crippen LogP contribution is 2.21. The van der Waals surface area contributed by atoms with E-state index < -0.39 is 0 Å². The minimum absolute atomic E-state index is 0.192. The van der Waals surface area contributed by atoms with Crippen molar-refractivity contribution in [3.05, 3.63) is 0 Å². The van der Waals surface area contributed by atoms with E-state index in [-0.39, 0.29) is 17.9 Å². The minimum atomic E-state index is -0.227. The molecule has 1 aliphatic heterocycles. The van der Waals surface area contributed by atoms with Gasteiger partial charge in [0.15, 0.2) is 0 Å². The van der Waals surface area contributed by atoms with Gasteiger partial charge in [-0.15, -0.1) is 0 Å². The summed E-state index contributed by atoms with van der Waals surface area (Å²) in [6.45, 7) is 7.74. The van der Waals surface area contributed by atoms with Gasteiger partial charge in [0.2, 0.25) is 5.91 Å². The number of rotatable bonds is 5. The number of amides is 1. The molecule has 0 bridgehead atoms. The molecule has 100 valence electrons. The molecule has 0 spiro atoms. The topological polar surface area (TPSA) is 40.5 Å². The van der Waals surface area contributed by atoms with E-state index in [0.717, 1.165) is 45.2 Å². The Kier molecular flexibility index (Phi) is 5.96. The molecule has 1 N–H and O–H groups in total. The van der Waals surface area contributed by atoms with Crippen molar-refractivity contribution in [2.24, 2.45) is 11.8 Å². The van der Waals surface area contributed by atoms with Gasteiger partial charge in [0.25, 0.3) is 0 Å². The number of aliphatic hydroxyl groups excluding tert-OH is 1. The van der Waals surface area contributed by atoms with Crippen molar-refractivity contribution in [2.75, 3.05) is 13.1 Å². The molecule has 3 atom stereocenters. The number of likely N-dealkylation sites (tertiary alicyclic amines) is 1. The summed E-state index contributed by atoms with van der Waals surface area (Å²) in [5.41, 5.74) is 0. The maximum Gasteiger partial charge on any atom is 0.225 e. The third-order valence-electron chi connectivity index (χ3n) is 3.92. The lowest BCUT2D eigenvalue weighted by atomic mass is 9.93. The minimum Gasteiger partial charge on any atom is -0.393 e. The van der Waals surface area contributed by atoms with Gasteiger partial charge in [-0.1, -0.05) is 33.6 Å². The van der Waals surface area contributed by atoms with Gasteiger partial charge in [-0.3, -0.25) is 4.79 Å². The van der Waals surface area contributed by atoms with Gasteiger partial charge in [-0.05, 0) is 25.2 Å². The van der Waals surface area contributed by atoms with Crippen molar-refractivity contribution in [3.63, 3.8) is 0 Å². The monoisotopic (exact) mass is 241 g/mol. The normalized spacial score (nSPS) is 26.9. The summed E-state index contributed by atoms with van der Waals surface area (Å²) in [6, 6.07) is 0. The van der Waals surface area contributed by atoms with E-state index in [1.54, 1.807) is 0 Å². The Labute approximate surface area is 105 Å². The number of nitrogens with zero attached hydrogens (tertiary/aromatic N) is 1. The molecule has 0 aromatic rings. The predicted octanol–water partition coefficient (Wildman–Crippen LogP) is 2.43. The highest BCUT2D eigenvalue weighted by Gasteiger charge is 2.29. The molecule has 3 heteroatoms. The van der Waals surface area contributed by atoms with Crippen LogP contribution in [0.4, 0.5) is 0 Å². The summed E-state index contributed by atoms with van der Waals surface area (Å²) in [5.74, 6) is 0.716. The molecule has 1 fully saturated rings. The molecule has 3 nitrogen and oxygen atoms in total. The fraction of sp³-hybridized carbons (Fsp3) is 0.929. The van der Waals surface area contributed by atoms with Crippen LogP contribution >= 0.6 is 0 Å². The van der Waals surface area contributed by atoms with Gasteiger partial charge in [-0.25, -0.2) is 0 Å². The van der Waals surface area contributed by atoms with E-state index in [1.807, 2.05) is 11.8 Å². The van der Waals surface area contributed by atoms with E-state index in [0.29, 0.717) is 5.91 Å². The molecule has 0 radical (unpaired) electrons. The number of carbonyl (C=O) groups is 1. The fourth-order valence-electron chi connectivity index (χ4n) is 2.54. The van der Waals surface area contributed by atoms with Gasteiger partial charge in [0.05, 0.1) is 6.10 Å². The molecular formula is C14H27NO2. The van der Waals surface area contributed by atoms with Crippen LogP contribution in [0.15, 0.2) is 0 Å². The Morgan fingerprint density at radius 3 is 2.71 bits per heavy atom. The van der Waals surface area contributed by atoms with Crippen LogP contribution in [0.3, 0.4) is 0 Å². The average molecular weight is 241 g/mol. The van der Waals surface area contributed by atoms with Crippen molar-refractivity contribution in [1.82, 2.24) is 4.90 Å². The molecule has 0 aliphatic carbocycles. The summed E-state index contributed by atoms with van der Waals surface area (Å²) in [4.78, 5) is 14.3. The molecule has 1 amide bonds. The van der Waals surface area contributed by atoms with Crippen molar-refractivity contribution in [2.45, 2.75) is 59.0 Å². The molecule has 0 saturated carbocycles. The van der Waals surface area contributed by atoms with Gasteiger partial charge in [0.1, 0.15) is 0 Å². The van der Waals surface area contributed by atoms with E-state index in [2.05, 4.69) is 13.8 Å². The number of unbranched alkanes of at least 4 members (excludes halogenated alkanes) is 1. The SMILES string of the molecule is CCCCC(CC)C(=O)N1CCC(O)C(C)C1. The quantitative estimate of drug-likeness (QED) is 0.803. The number of hydrogen-bond acceptors (Lipinski definition) is 2. The van der Waals surface area contributed by atoms with E-state index >= 15 is 0 Å². The third kappa shape index (κ3) is 3.98. The van der Waals surface area contributed by atoms with Crippen LogP contribution in [0, 0.1) is 11.8 Å². The van der Waals surface area contributed by atoms with Gasteiger partial charge in [-0.2, -0.15) is 0 Å². The van der Waals surface area contributed by atoms with Crippen LogP contribution < -0.4 is 0 Å². The van der Waals surface area contributed by atoms with E-state index in [4.69, 9.17) is 0 Å². The molecule has 1 rings (SSSR count).